The molecule has 3 rings (SSSR count). The van der Waals surface area contributed by atoms with Crippen molar-refractivity contribution in [2.24, 2.45) is 17.8 Å². The highest BCUT2D eigenvalue weighted by Gasteiger charge is 2.22. The molecule has 35 heavy (non-hydrogen) atoms. The molecule has 2 aliphatic carbocycles. The molecule has 0 spiro atoms. The van der Waals surface area contributed by atoms with Gasteiger partial charge in [-0.25, -0.2) is 0 Å². The topological polar surface area (TPSA) is 9.23 Å². The van der Waals surface area contributed by atoms with Gasteiger partial charge in [0.2, 0.25) is 0 Å². The Morgan fingerprint density at radius 3 is 1.54 bits per heavy atom. The number of hydrogen-bond donors (Lipinski definition) is 0. The van der Waals surface area contributed by atoms with Crippen LogP contribution in [-0.2, 0) is 0 Å². The van der Waals surface area contributed by atoms with E-state index in [0.29, 0.717) is 0 Å². The highest BCUT2D eigenvalue weighted by molar-refractivity contribution is 5.29. The van der Waals surface area contributed by atoms with Crippen molar-refractivity contribution in [3.05, 3.63) is 29.8 Å². The maximum Gasteiger partial charge on any atom is 0.119 e. The number of rotatable bonds is 17. The van der Waals surface area contributed by atoms with Crippen LogP contribution in [0, 0.1) is 17.8 Å². The van der Waals surface area contributed by atoms with Crippen LogP contribution in [0.5, 0.6) is 5.75 Å². The lowest BCUT2D eigenvalue weighted by atomic mass is 9.77. The molecule has 200 valence electrons. The average molecular weight is 483 g/mol. The van der Waals surface area contributed by atoms with Crippen molar-refractivity contribution in [2.45, 2.75) is 155 Å². The van der Waals surface area contributed by atoms with Gasteiger partial charge in [0.05, 0.1) is 6.61 Å². The van der Waals surface area contributed by atoms with Crippen molar-refractivity contribution in [3.8, 4) is 5.75 Å². The molecule has 0 atom stereocenters. The van der Waals surface area contributed by atoms with E-state index in [1.54, 1.807) is 5.56 Å². The van der Waals surface area contributed by atoms with Gasteiger partial charge in [-0.3, -0.25) is 0 Å². The number of hydrogen-bond acceptors (Lipinski definition) is 1. The molecule has 0 aromatic heterocycles. The molecule has 0 heterocycles. The monoisotopic (exact) mass is 482 g/mol. The third kappa shape index (κ3) is 11.3. The maximum absolute atomic E-state index is 6.13. The summed E-state index contributed by atoms with van der Waals surface area (Å²) in [6.07, 6.45) is 30.0. The first-order valence-electron chi connectivity index (χ1n) is 16.0. The molecule has 1 aromatic carbocycles. The van der Waals surface area contributed by atoms with Gasteiger partial charge < -0.3 is 4.74 Å². The Bertz CT molecular complexity index is 618. The third-order valence-electron chi connectivity index (χ3n) is 9.37. The van der Waals surface area contributed by atoms with Crippen LogP contribution in [0.3, 0.4) is 0 Å². The van der Waals surface area contributed by atoms with E-state index >= 15 is 0 Å². The lowest BCUT2D eigenvalue weighted by Gasteiger charge is -2.29. The van der Waals surface area contributed by atoms with E-state index in [2.05, 4.69) is 38.1 Å². The lowest BCUT2D eigenvalue weighted by molar-refractivity contribution is 0.228. The van der Waals surface area contributed by atoms with Crippen molar-refractivity contribution >= 4 is 0 Å². The van der Waals surface area contributed by atoms with Crippen LogP contribution >= 0.6 is 0 Å². The quantitative estimate of drug-likeness (QED) is 0.201. The summed E-state index contributed by atoms with van der Waals surface area (Å²) in [6.45, 7) is 5.51. The molecule has 2 aliphatic rings. The molecular formula is C34H58O. The first-order chi connectivity index (χ1) is 17.3. The summed E-state index contributed by atoms with van der Waals surface area (Å²) in [5, 5.41) is 0. The molecule has 0 unspecified atom stereocenters. The Morgan fingerprint density at radius 1 is 0.543 bits per heavy atom. The van der Waals surface area contributed by atoms with Crippen molar-refractivity contribution in [1.29, 1.82) is 0 Å². The molecule has 0 N–H and O–H groups in total. The van der Waals surface area contributed by atoms with Crippen LogP contribution in [0.1, 0.15) is 160 Å². The standard InChI is InChI=1S/C34H58O/c1-3-5-7-9-11-14-29-16-18-31(19-17-29)15-12-28-35-34-26-24-33(25-27-34)32-22-20-30(21-23-32)13-10-8-6-4-2/h24-27,29-32H,3-23,28H2,1-2H3/t29-,30-,31-,32-. The summed E-state index contributed by atoms with van der Waals surface area (Å²) in [7, 11) is 0. The third-order valence-corrected chi connectivity index (χ3v) is 9.37. The fourth-order valence-corrected chi connectivity index (χ4v) is 6.89. The fourth-order valence-electron chi connectivity index (χ4n) is 6.89. The van der Waals surface area contributed by atoms with Crippen LogP contribution in [0.25, 0.3) is 0 Å². The Hall–Kier alpha value is -0.980. The van der Waals surface area contributed by atoms with Crippen LogP contribution in [0.4, 0.5) is 0 Å². The molecule has 0 saturated heterocycles. The van der Waals surface area contributed by atoms with Crippen molar-refractivity contribution in [2.75, 3.05) is 6.61 Å². The fraction of sp³-hybridized carbons (Fsp3) is 0.824. The first kappa shape index (κ1) is 28.6. The molecule has 2 saturated carbocycles. The molecule has 1 heteroatoms. The summed E-state index contributed by atoms with van der Waals surface area (Å²) in [5.41, 5.74) is 1.55. The van der Waals surface area contributed by atoms with Gasteiger partial charge >= 0.3 is 0 Å². The lowest BCUT2D eigenvalue weighted by Crippen LogP contribution is -2.15. The summed E-state index contributed by atoms with van der Waals surface area (Å²) < 4.78 is 6.13. The Kier molecular flexibility index (Phi) is 14.3. The summed E-state index contributed by atoms with van der Waals surface area (Å²) in [4.78, 5) is 0. The highest BCUT2D eigenvalue weighted by atomic mass is 16.5. The van der Waals surface area contributed by atoms with Gasteiger partial charge in [-0.15, -0.1) is 0 Å². The van der Waals surface area contributed by atoms with Gasteiger partial charge in [-0.05, 0) is 79.9 Å². The van der Waals surface area contributed by atoms with Crippen LogP contribution in [0.2, 0.25) is 0 Å². The molecule has 0 amide bonds. The molecular weight excluding hydrogens is 424 g/mol. The van der Waals surface area contributed by atoms with Gasteiger partial charge in [0, 0.05) is 0 Å². The van der Waals surface area contributed by atoms with E-state index < -0.39 is 0 Å². The molecule has 0 aliphatic heterocycles. The Balaban J connectivity index is 1.22. The smallest absolute Gasteiger partial charge is 0.119 e. The Morgan fingerprint density at radius 2 is 1.00 bits per heavy atom. The zero-order valence-electron chi connectivity index (χ0n) is 23.6. The minimum Gasteiger partial charge on any atom is -0.494 e. The van der Waals surface area contributed by atoms with E-state index in [0.717, 1.165) is 36.0 Å². The minimum atomic E-state index is 0.780. The number of benzene rings is 1. The van der Waals surface area contributed by atoms with E-state index in [-0.39, 0.29) is 0 Å². The van der Waals surface area contributed by atoms with E-state index in [9.17, 15) is 0 Å². The van der Waals surface area contributed by atoms with Gasteiger partial charge in [-0.2, -0.15) is 0 Å². The van der Waals surface area contributed by atoms with E-state index in [1.165, 1.54) is 135 Å². The normalized spacial score (nSPS) is 25.0. The SMILES string of the molecule is CCCCCCC[C@H]1CC[C@H](CCCOc2ccc([C@H]3CC[C@H](CCCCCC)CC3)cc2)CC1. The summed E-state index contributed by atoms with van der Waals surface area (Å²) >= 11 is 0. The van der Waals surface area contributed by atoms with Crippen molar-refractivity contribution in [1.82, 2.24) is 0 Å². The van der Waals surface area contributed by atoms with E-state index in [1.807, 2.05) is 0 Å². The van der Waals surface area contributed by atoms with Gasteiger partial charge in [-0.1, -0.05) is 122 Å². The second-order valence-electron chi connectivity index (χ2n) is 12.2. The predicted molar refractivity (Wildman–Crippen MR) is 153 cm³/mol. The second kappa shape index (κ2) is 17.5. The number of unbranched alkanes of at least 4 members (excludes halogenated alkanes) is 7. The molecule has 2 fully saturated rings. The zero-order valence-corrected chi connectivity index (χ0v) is 23.6. The largest absolute Gasteiger partial charge is 0.494 e. The van der Waals surface area contributed by atoms with Crippen LogP contribution in [-0.4, -0.2) is 6.61 Å². The van der Waals surface area contributed by atoms with Gasteiger partial charge in [0.1, 0.15) is 5.75 Å². The van der Waals surface area contributed by atoms with Gasteiger partial charge in [0.15, 0.2) is 0 Å². The summed E-state index contributed by atoms with van der Waals surface area (Å²) in [6, 6.07) is 9.17. The van der Waals surface area contributed by atoms with Crippen molar-refractivity contribution < 1.29 is 4.74 Å². The van der Waals surface area contributed by atoms with E-state index in [4.69, 9.17) is 4.74 Å². The molecule has 0 radical (unpaired) electrons. The Labute approximate surface area is 219 Å². The molecule has 1 aromatic rings. The second-order valence-corrected chi connectivity index (χ2v) is 12.2. The molecule has 0 bridgehead atoms. The van der Waals surface area contributed by atoms with Crippen molar-refractivity contribution in [3.63, 3.8) is 0 Å². The van der Waals surface area contributed by atoms with Gasteiger partial charge in [0.25, 0.3) is 0 Å². The number of ether oxygens (including phenoxy) is 1. The summed E-state index contributed by atoms with van der Waals surface area (Å²) in [5.74, 6) is 4.84. The predicted octanol–water partition coefficient (Wildman–Crippen LogP) is 11.3. The minimum absolute atomic E-state index is 0.780. The van der Waals surface area contributed by atoms with Crippen LogP contribution in [0.15, 0.2) is 24.3 Å². The zero-order chi connectivity index (χ0) is 24.6. The molecule has 1 nitrogen and oxygen atoms in total. The highest BCUT2D eigenvalue weighted by Crippen LogP contribution is 2.38. The van der Waals surface area contributed by atoms with Crippen LogP contribution < -0.4 is 4.74 Å². The maximum atomic E-state index is 6.13. The average Bonchev–Trinajstić information content (AvgIpc) is 2.90. The first-order valence-corrected chi connectivity index (χ1v) is 16.0.